The largest absolute Gasteiger partial charge is 0.456 e. The highest BCUT2D eigenvalue weighted by molar-refractivity contribution is 7.99. The van der Waals surface area contributed by atoms with E-state index in [4.69, 9.17) is 4.74 Å². The first-order chi connectivity index (χ1) is 30.5. The normalized spacial score (nSPS) is 15.9. The lowest BCUT2D eigenvalue weighted by Crippen LogP contribution is -2.55. The van der Waals surface area contributed by atoms with E-state index < -0.39 is 5.54 Å². The predicted molar refractivity (Wildman–Crippen MR) is 259 cm³/mol. The summed E-state index contributed by atoms with van der Waals surface area (Å²) in [6.07, 6.45) is 0. The molecule has 1 saturated heterocycles. The summed E-state index contributed by atoms with van der Waals surface area (Å²) in [6.45, 7) is 15.9. The van der Waals surface area contributed by atoms with Gasteiger partial charge in [0.15, 0.2) is 0 Å². The molecule has 0 radical (unpaired) electrons. The second-order valence-corrected chi connectivity index (χ2v) is 18.2. The lowest BCUT2D eigenvalue weighted by atomic mass is 9.74. The number of hydrogen-bond acceptors (Lipinski definition) is 9. The van der Waals surface area contributed by atoms with Crippen molar-refractivity contribution in [3.05, 3.63) is 119 Å². The molecule has 0 saturated carbocycles. The van der Waals surface area contributed by atoms with Crippen LogP contribution in [0.3, 0.4) is 0 Å². The van der Waals surface area contributed by atoms with Gasteiger partial charge in [-0.05, 0) is 87.9 Å². The van der Waals surface area contributed by atoms with E-state index in [0.717, 1.165) is 104 Å². The molecule has 0 bridgehead atoms. The standard InChI is InChI=1S/C51H60N8O3S/c1-9-55(10-2)37-17-21-41-45(31-37)62-46-32-38(56(11-3)12-4)18-22-42(46)51(41)40-16-14-13-15-39(40)49(60)58(51)30-27-54-25-28-57(29-26-54)50(61)59-43-23-19-35(52(5)6)33-47(43)63-48-34-36(53(7)8)20-24-44(48)59/h13-24,31-34H,9-12,25-30H2,1-8H3. The molecule has 5 aromatic carbocycles. The third-order valence-electron chi connectivity index (χ3n) is 13.5. The summed E-state index contributed by atoms with van der Waals surface area (Å²) in [4.78, 5) is 49.0. The number of carbonyl (C=O) groups excluding carboxylic acids is 2. The molecule has 0 aromatic heterocycles. The van der Waals surface area contributed by atoms with Gasteiger partial charge in [-0.3, -0.25) is 14.6 Å². The maximum atomic E-state index is 14.9. The van der Waals surface area contributed by atoms with E-state index in [2.05, 4.69) is 142 Å². The number of urea groups is 1. The van der Waals surface area contributed by atoms with E-state index in [-0.39, 0.29) is 11.9 Å². The van der Waals surface area contributed by atoms with Gasteiger partial charge >= 0.3 is 6.03 Å². The van der Waals surface area contributed by atoms with Crippen molar-refractivity contribution in [1.29, 1.82) is 0 Å². The van der Waals surface area contributed by atoms with Crippen LogP contribution in [-0.2, 0) is 5.54 Å². The van der Waals surface area contributed by atoms with Gasteiger partial charge in [-0.1, -0.05) is 42.1 Å². The Morgan fingerprint density at radius 3 is 1.63 bits per heavy atom. The highest BCUT2D eigenvalue weighted by Gasteiger charge is 2.56. The quantitative estimate of drug-likeness (QED) is 0.129. The topological polar surface area (TPSA) is 69.3 Å². The Balaban J connectivity index is 1.02. The maximum absolute atomic E-state index is 14.9. The molecule has 0 aliphatic carbocycles. The zero-order valence-corrected chi connectivity index (χ0v) is 38.8. The summed E-state index contributed by atoms with van der Waals surface area (Å²) in [5, 5.41) is 0. The first kappa shape index (κ1) is 42.5. The number of nitrogens with zero attached hydrogens (tertiary/aromatic N) is 8. The smallest absolute Gasteiger partial charge is 0.329 e. The van der Waals surface area contributed by atoms with Crippen molar-refractivity contribution in [3.8, 4) is 11.5 Å². The van der Waals surface area contributed by atoms with Crippen LogP contribution in [0.15, 0.2) is 107 Å². The molecule has 12 heteroatoms. The average Bonchev–Trinajstić information content (AvgIpc) is 3.54. The minimum absolute atomic E-state index is 0.0136. The number of piperazine rings is 1. The Morgan fingerprint density at radius 1 is 0.619 bits per heavy atom. The fourth-order valence-corrected chi connectivity index (χ4v) is 11.1. The van der Waals surface area contributed by atoms with Gasteiger partial charge in [0.05, 0.1) is 11.4 Å². The fourth-order valence-electron chi connectivity index (χ4n) is 10.00. The fraction of sp³-hybridized carbons (Fsp3) is 0.373. The molecule has 11 nitrogen and oxygen atoms in total. The second kappa shape index (κ2) is 17.0. The van der Waals surface area contributed by atoms with Gasteiger partial charge in [-0.25, -0.2) is 4.79 Å². The van der Waals surface area contributed by atoms with Crippen molar-refractivity contribution in [3.63, 3.8) is 0 Å². The number of carbonyl (C=O) groups is 2. The monoisotopic (exact) mass is 864 g/mol. The number of anilines is 6. The highest BCUT2D eigenvalue weighted by Crippen LogP contribution is 2.58. The van der Waals surface area contributed by atoms with Crippen LogP contribution in [0.5, 0.6) is 11.5 Å². The first-order valence-corrected chi connectivity index (χ1v) is 23.3. The Bertz CT molecular complexity index is 2430. The Labute approximate surface area is 377 Å². The van der Waals surface area contributed by atoms with Gasteiger partial charge in [0.25, 0.3) is 5.91 Å². The molecule has 0 unspecified atom stereocenters. The van der Waals surface area contributed by atoms with Crippen LogP contribution in [0.25, 0.3) is 0 Å². The van der Waals surface area contributed by atoms with Gasteiger partial charge in [0.1, 0.15) is 17.0 Å². The molecule has 1 fully saturated rings. The van der Waals surface area contributed by atoms with E-state index in [1.165, 1.54) is 0 Å². The van der Waals surface area contributed by atoms with Gasteiger partial charge in [0, 0.05) is 155 Å². The zero-order chi connectivity index (χ0) is 44.2. The van der Waals surface area contributed by atoms with Crippen LogP contribution in [0.1, 0.15) is 54.7 Å². The summed E-state index contributed by atoms with van der Waals surface area (Å²) < 4.78 is 6.93. The first-order valence-electron chi connectivity index (χ1n) is 22.5. The van der Waals surface area contributed by atoms with Gasteiger partial charge in [-0.2, -0.15) is 0 Å². The van der Waals surface area contributed by atoms with Gasteiger partial charge in [-0.15, -0.1) is 0 Å². The molecule has 4 aliphatic rings. The molecule has 328 valence electrons. The van der Waals surface area contributed by atoms with E-state index in [1.807, 2.05) is 50.1 Å². The summed E-state index contributed by atoms with van der Waals surface area (Å²) in [5.41, 5.74) is 8.98. The van der Waals surface area contributed by atoms with E-state index >= 15 is 0 Å². The minimum Gasteiger partial charge on any atom is -0.456 e. The molecule has 3 amide bonds. The van der Waals surface area contributed by atoms with Crippen molar-refractivity contribution >= 4 is 57.8 Å². The summed E-state index contributed by atoms with van der Waals surface area (Å²) in [6, 6.07) is 33.9. The third-order valence-corrected chi connectivity index (χ3v) is 14.6. The molecule has 63 heavy (non-hydrogen) atoms. The van der Waals surface area contributed by atoms with Crippen LogP contribution in [0.4, 0.5) is 38.9 Å². The maximum Gasteiger partial charge on any atom is 0.329 e. The number of rotatable bonds is 11. The van der Waals surface area contributed by atoms with Crippen LogP contribution in [0, 0.1) is 0 Å². The molecule has 4 heterocycles. The number of benzene rings is 5. The summed E-state index contributed by atoms with van der Waals surface area (Å²) in [7, 11) is 8.17. The lowest BCUT2D eigenvalue weighted by Gasteiger charge is -2.45. The molecular formula is C51H60N8O3S. The minimum atomic E-state index is -0.885. The van der Waals surface area contributed by atoms with Gasteiger partial charge in [0.2, 0.25) is 0 Å². The molecule has 5 aromatic rings. The number of amides is 3. The van der Waals surface area contributed by atoms with Crippen LogP contribution in [0.2, 0.25) is 0 Å². The SMILES string of the molecule is CCN(CC)c1ccc2c(c1)Oc1cc(N(CC)CC)ccc1C21c2ccccc2C(=O)N1CCN1CCN(C(=O)N2c3ccc(N(C)C)cc3Sc3cc(N(C)C)ccc32)CC1. The average molecular weight is 865 g/mol. The molecule has 0 N–H and O–H groups in total. The molecule has 1 spiro atoms. The van der Waals surface area contributed by atoms with E-state index in [0.29, 0.717) is 39.3 Å². The van der Waals surface area contributed by atoms with Crippen molar-refractivity contribution in [2.24, 2.45) is 0 Å². The Morgan fingerprint density at radius 2 is 1.13 bits per heavy atom. The lowest BCUT2D eigenvalue weighted by molar-refractivity contribution is 0.0613. The molecule has 4 aliphatic heterocycles. The van der Waals surface area contributed by atoms with Crippen LogP contribution in [-0.4, -0.2) is 120 Å². The van der Waals surface area contributed by atoms with E-state index in [9.17, 15) is 9.59 Å². The third kappa shape index (κ3) is 7.11. The van der Waals surface area contributed by atoms with Crippen LogP contribution >= 0.6 is 11.8 Å². The number of ether oxygens (including phenoxy) is 1. The molecule has 0 atom stereocenters. The zero-order valence-electron chi connectivity index (χ0n) is 38.0. The van der Waals surface area contributed by atoms with Crippen molar-refractivity contribution < 1.29 is 14.3 Å². The van der Waals surface area contributed by atoms with Crippen molar-refractivity contribution in [2.45, 2.75) is 43.0 Å². The highest BCUT2D eigenvalue weighted by atomic mass is 32.2. The van der Waals surface area contributed by atoms with Crippen LogP contribution < -0.4 is 29.2 Å². The molecule has 9 rings (SSSR count). The number of hydrogen-bond donors (Lipinski definition) is 0. The predicted octanol–water partition coefficient (Wildman–Crippen LogP) is 9.40. The van der Waals surface area contributed by atoms with Gasteiger partial charge < -0.3 is 34.1 Å². The van der Waals surface area contributed by atoms with E-state index in [1.54, 1.807) is 11.8 Å². The Kier molecular flexibility index (Phi) is 11.5. The Hall–Kier alpha value is -5.85. The summed E-state index contributed by atoms with van der Waals surface area (Å²) in [5.74, 6) is 1.58. The number of fused-ring (bicyclic) bond motifs is 8. The molecular weight excluding hydrogens is 805 g/mol. The van der Waals surface area contributed by atoms with Crippen molar-refractivity contribution in [1.82, 2.24) is 14.7 Å². The second-order valence-electron chi connectivity index (χ2n) is 17.2. The summed E-state index contributed by atoms with van der Waals surface area (Å²) >= 11 is 1.72. The van der Waals surface area contributed by atoms with Crippen molar-refractivity contribution in [2.75, 3.05) is 118 Å².